The highest BCUT2D eigenvalue weighted by molar-refractivity contribution is 5.79. The fraction of sp³-hybridized carbons (Fsp3) is 0.611. The van der Waals surface area contributed by atoms with Gasteiger partial charge in [-0.15, -0.1) is 0 Å². The molecular formula is C18H28N2O. The quantitative estimate of drug-likeness (QED) is 0.874. The minimum Gasteiger partial charge on any atom is -0.349 e. The molecule has 0 bridgehead atoms. The smallest absolute Gasteiger partial charge is 0.223 e. The molecule has 1 aromatic rings. The van der Waals surface area contributed by atoms with Crippen molar-refractivity contribution in [1.29, 1.82) is 0 Å². The van der Waals surface area contributed by atoms with Crippen molar-refractivity contribution >= 4 is 5.91 Å². The van der Waals surface area contributed by atoms with Gasteiger partial charge in [-0.3, -0.25) is 4.79 Å². The van der Waals surface area contributed by atoms with Gasteiger partial charge in [0.15, 0.2) is 0 Å². The average Bonchev–Trinajstić information content (AvgIpc) is 2.35. The van der Waals surface area contributed by atoms with Gasteiger partial charge >= 0.3 is 0 Å². The van der Waals surface area contributed by atoms with E-state index in [0.717, 1.165) is 19.5 Å². The molecule has 1 heterocycles. The van der Waals surface area contributed by atoms with Gasteiger partial charge in [0.05, 0.1) is 6.04 Å². The maximum Gasteiger partial charge on any atom is 0.223 e. The predicted molar refractivity (Wildman–Crippen MR) is 86.9 cm³/mol. The molecule has 1 saturated heterocycles. The van der Waals surface area contributed by atoms with E-state index in [9.17, 15) is 4.79 Å². The maximum atomic E-state index is 12.5. The van der Waals surface area contributed by atoms with E-state index >= 15 is 0 Å². The van der Waals surface area contributed by atoms with Crippen LogP contribution in [0.5, 0.6) is 0 Å². The minimum atomic E-state index is 0.0810. The summed E-state index contributed by atoms with van der Waals surface area (Å²) in [5.41, 5.74) is 1.37. The van der Waals surface area contributed by atoms with Gasteiger partial charge in [0, 0.05) is 5.92 Å². The van der Waals surface area contributed by atoms with Crippen molar-refractivity contribution in [2.45, 2.75) is 40.2 Å². The van der Waals surface area contributed by atoms with Gasteiger partial charge in [-0.1, -0.05) is 58.0 Å². The number of rotatable bonds is 5. The third-order valence-corrected chi connectivity index (χ3v) is 4.27. The molecule has 1 aromatic carbocycles. The Morgan fingerprint density at radius 1 is 1.29 bits per heavy atom. The molecule has 1 fully saturated rings. The Balaban J connectivity index is 2.06. The van der Waals surface area contributed by atoms with Gasteiger partial charge in [-0.25, -0.2) is 0 Å². The molecule has 2 rings (SSSR count). The van der Waals surface area contributed by atoms with Crippen molar-refractivity contribution in [1.82, 2.24) is 10.6 Å². The van der Waals surface area contributed by atoms with E-state index < -0.39 is 0 Å². The minimum absolute atomic E-state index is 0.0810. The summed E-state index contributed by atoms with van der Waals surface area (Å²) in [6, 6.07) is 10.4. The lowest BCUT2D eigenvalue weighted by molar-refractivity contribution is -0.127. The van der Waals surface area contributed by atoms with Crippen LogP contribution in [-0.4, -0.2) is 19.0 Å². The van der Waals surface area contributed by atoms with Crippen LogP contribution in [0.25, 0.3) is 0 Å². The lowest BCUT2D eigenvalue weighted by atomic mass is 9.84. The number of carbonyl (C=O) groups is 1. The molecule has 21 heavy (non-hydrogen) atoms. The second-order valence-corrected chi connectivity index (χ2v) is 7.44. The van der Waals surface area contributed by atoms with Gasteiger partial charge in [-0.05, 0) is 36.4 Å². The Labute approximate surface area is 128 Å². The van der Waals surface area contributed by atoms with Crippen LogP contribution in [0.4, 0.5) is 0 Å². The first-order valence-electron chi connectivity index (χ1n) is 7.93. The summed E-state index contributed by atoms with van der Waals surface area (Å²) in [6.07, 6.45) is 0.943. The van der Waals surface area contributed by atoms with E-state index in [0.29, 0.717) is 5.92 Å². The summed E-state index contributed by atoms with van der Waals surface area (Å²) in [4.78, 5) is 12.5. The molecule has 0 aliphatic carbocycles. The van der Waals surface area contributed by atoms with Gasteiger partial charge < -0.3 is 10.6 Å². The van der Waals surface area contributed by atoms with Gasteiger partial charge in [0.25, 0.3) is 0 Å². The second kappa shape index (κ2) is 6.61. The van der Waals surface area contributed by atoms with Crippen molar-refractivity contribution in [3.05, 3.63) is 35.9 Å². The first-order valence-corrected chi connectivity index (χ1v) is 7.93. The van der Waals surface area contributed by atoms with Gasteiger partial charge in [-0.2, -0.15) is 0 Å². The van der Waals surface area contributed by atoms with Crippen molar-refractivity contribution in [2.75, 3.05) is 13.1 Å². The third-order valence-electron chi connectivity index (χ3n) is 4.27. The highest BCUT2D eigenvalue weighted by Gasteiger charge is 2.30. The number of hydrogen-bond donors (Lipinski definition) is 2. The molecular weight excluding hydrogens is 260 g/mol. The van der Waals surface area contributed by atoms with Crippen LogP contribution in [0.2, 0.25) is 0 Å². The summed E-state index contributed by atoms with van der Waals surface area (Å²) < 4.78 is 0. The Bertz CT molecular complexity index is 460. The van der Waals surface area contributed by atoms with Crippen LogP contribution in [0.3, 0.4) is 0 Å². The van der Waals surface area contributed by atoms with Crippen LogP contribution in [0, 0.1) is 17.3 Å². The first-order chi connectivity index (χ1) is 9.87. The van der Waals surface area contributed by atoms with Crippen molar-refractivity contribution in [2.24, 2.45) is 17.3 Å². The number of hydrogen-bond acceptors (Lipinski definition) is 2. The monoisotopic (exact) mass is 288 g/mol. The second-order valence-electron chi connectivity index (χ2n) is 7.44. The van der Waals surface area contributed by atoms with Crippen LogP contribution in [0.15, 0.2) is 30.3 Å². The lowest BCUT2D eigenvalue weighted by Crippen LogP contribution is -2.50. The molecule has 3 heteroatoms. The number of nitrogens with one attached hydrogen (secondary N) is 2. The molecule has 116 valence electrons. The number of benzene rings is 1. The molecule has 2 N–H and O–H groups in total. The lowest BCUT2D eigenvalue weighted by Gasteiger charge is -2.34. The largest absolute Gasteiger partial charge is 0.349 e. The van der Waals surface area contributed by atoms with Gasteiger partial charge in [0.1, 0.15) is 0 Å². The predicted octanol–water partition coefficient (Wildman–Crippen LogP) is 3.14. The summed E-state index contributed by atoms with van der Waals surface area (Å²) in [5.74, 6) is 0.744. The van der Waals surface area contributed by atoms with Crippen molar-refractivity contribution in [3.8, 4) is 0 Å². The first kappa shape index (κ1) is 16.0. The van der Waals surface area contributed by atoms with Crippen molar-refractivity contribution in [3.63, 3.8) is 0 Å². The SMILES string of the molecule is CC(C(=O)NC(CC(C)(C)C)c1ccccc1)C1CNC1. The van der Waals surface area contributed by atoms with Crippen LogP contribution in [0.1, 0.15) is 45.7 Å². The molecule has 0 spiro atoms. The molecule has 1 aliphatic rings. The van der Waals surface area contributed by atoms with E-state index in [2.05, 4.69) is 43.5 Å². The summed E-state index contributed by atoms with van der Waals surface area (Å²) in [7, 11) is 0. The molecule has 1 aliphatic heterocycles. The Hall–Kier alpha value is -1.35. The van der Waals surface area contributed by atoms with E-state index in [1.165, 1.54) is 5.56 Å². The summed E-state index contributed by atoms with van der Waals surface area (Å²) in [6.45, 7) is 10.6. The zero-order chi connectivity index (χ0) is 15.5. The van der Waals surface area contributed by atoms with E-state index in [-0.39, 0.29) is 23.3 Å². The number of carbonyl (C=O) groups excluding carboxylic acids is 1. The van der Waals surface area contributed by atoms with Crippen molar-refractivity contribution < 1.29 is 4.79 Å². The molecule has 1 amide bonds. The Morgan fingerprint density at radius 3 is 2.38 bits per heavy atom. The summed E-state index contributed by atoms with van der Waals surface area (Å²) in [5, 5.41) is 6.51. The Kier molecular flexibility index (Phi) is 5.04. The molecule has 0 radical (unpaired) electrons. The topological polar surface area (TPSA) is 41.1 Å². The Morgan fingerprint density at radius 2 is 1.90 bits per heavy atom. The highest BCUT2D eigenvalue weighted by atomic mass is 16.1. The fourth-order valence-corrected chi connectivity index (χ4v) is 2.73. The number of amides is 1. The normalized spacial score (nSPS) is 18.7. The molecule has 2 unspecified atom stereocenters. The zero-order valence-corrected chi connectivity index (χ0v) is 13.6. The highest BCUT2D eigenvalue weighted by Crippen LogP contribution is 2.30. The standard InChI is InChI=1S/C18H28N2O/c1-13(15-11-19-12-15)17(21)20-16(10-18(2,3)4)14-8-6-5-7-9-14/h5-9,13,15-16,19H,10-12H2,1-4H3,(H,20,21). The van der Waals surface area contributed by atoms with E-state index in [1.54, 1.807) is 0 Å². The summed E-state index contributed by atoms with van der Waals surface area (Å²) >= 11 is 0. The van der Waals surface area contributed by atoms with Gasteiger partial charge in [0.2, 0.25) is 5.91 Å². The van der Waals surface area contributed by atoms with E-state index in [4.69, 9.17) is 0 Å². The maximum absolute atomic E-state index is 12.5. The van der Waals surface area contributed by atoms with Crippen LogP contribution >= 0.6 is 0 Å². The van der Waals surface area contributed by atoms with Crippen LogP contribution in [-0.2, 0) is 4.79 Å². The molecule has 3 nitrogen and oxygen atoms in total. The third kappa shape index (κ3) is 4.57. The zero-order valence-electron chi connectivity index (χ0n) is 13.6. The molecule has 0 saturated carbocycles. The molecule has 2 atom stereocenters. The molecule has 0 aromatic heterocycles. The average molecular weight is 288 g/mol. The van der Waals surface area contributed by atoms with Crippen LogP contribution < -0.4 is 10.6 Å². The van der Waals surface area contributed by atoms with E-state index in [1.807, 2.05) is 25.1 Å². The fourth-order valence-electron chi connectivity index (χ4n) is 2.73.